The molecule has 1 fully saturated rings. The lowest BCUT2D eigenvalue weighted by Crippen LogP contribution is -2.45. The molecule has 20 heavy (non-hydrogen) atoms. The number of rotatable bonds is 3. The molecule has 106 valence electrons. The zero-order valence-electron chi connectivity index (χ0n) is 11.6. The molecule has 4 heteroatoms. The smallest absolute Gasteiger partial charge is 0.309 e. The molecule has 0 spiro atoms. The summed E-state index contributed by atoms with van der Waals surface area (Å²) in [6.45, 7) is 4.85. The molecule has 1 aliphatic heterocycles. The summed E-state index contributed by atoms with van der Waals surface area (Å²) < 4.78 is 4.81. The number of carbonyl (C=O) groups is 2. The first kappa shape index (κ1) is 14.3. The molecule has 0 bridgehead atoms. The predicted octanol–water partition coefficient (Wildman–Crippen LogP) is 2.12. The van der Waals surface area contributed by atoms with Gasteiger partial charge in [0.15, 0.2) is 0 Å². The Morgan fingerprint density at radius 2 is 2.05 bits per heavy atom. The number of hydrogen-bond donors (Lipinski definition) is 0. The van der Waals surface area contributed by atoms with Gasteiger partial charge in [-0.1, -0.05) is 24.3 Å². The van der Waals surface area contributed by atoms with Crippen LogP contribution < -0.4 is 0 Å². The highest BCUT2D eigenvalue weighted by Gasteiger charge is 2.34. The van der Waals surface area contributed by atoms with Crippen LogP contribution in [0.5, 0.6) is 0 Å². The van der Waals surface area contributed by atoms with Gasteiger partial charge in [0.25, 0.3) is 5.91 Å². The number of carbonyl (C=O) groups excluding carboxylic acids is 2. The van der Waals surface area contributed by atoms with Crippen molar-refractivity contribution in [2.45, 2.75) is 6.42 Å². The fourth-order valence-corrected chi connectivity index (χ4v) is 2.61. The molecular formula is C16H19NO3. The van der Waals surface area contributed by atoms with Gasteiger partial charge in [-0.2, -0.15) is 0 Å². The van der Waals surface area contributed by atoms with Crippen LogP contribution in [0.1, 0.15) is 16.8 Å². The van der Waals surface area contributed by atoms with Crippen LogP contribution in [0.3, 0.4) is 0 Å². The Balaban J connectivity index is 2.09. The second kappa shape index (κ2) is 6.37. The first-order valence-electron chi connectivity index (χ1n) is 6.72. The highest BCUT2D eigenvalue weighted by molar-refractivity contribution is 5.94. The average molecular weight is 273 g/mol. The molecule has 1 heterocycles. The first-order chi connectivity index (χ1) is 9.67. The van der Waals surface area contributed by atoms with Crippen LogP contribution >= 0.6 is 0 Å². The molecule has 0 unspecified atom stereocenters. The fraction of sp³-hybridized carbons (Fsp3) is 0.375. The SMILES string of the molecule is C=C[C@H]1CN(C(=O)c2ccccc2)CC[C@H]1C(=O)OC. The predicted molar refractivity (Wildman–Crippen MR) is 76.2 cm³/mol. The van der Waals surface area contributed by atoms with Crippen LogP contribution in [0, 0.1) is 11.8 Å². The van der Waals surface area contributed by atoms with Crippen LogP contribution in [0.25, 0.3) is 0 Å². The van der Waals surface area contributed by atoms with Gasteiger partial charge in [0.05, 0.1) is 13.0 Å². The van der Waals surface area contributed by atoms with Crippen LogP contribution in [0.4, 0.5) is 0 Å². The second-order valence-corrected chi connectivity index (χ2v) is 4.94. The summed E-state index contributed by atoms with van der Waals surface area (Å²) in [7, 11) is 1.39. The number of ether oxygens (including phenoxy) is 1. The Morgan fingerprint density at radius 1 is 1.35 bits per heavy atom. The summed E-state index contributed by atoms with van der Waals surface area (Å²) in [5.74, 6) is -0.469. The third-order valence-electron chi connectivity index (χ3n) is 3.77. The maximum Gasteiger partial charge on any atom is 0.309 e. The summed E-state index contributed by atoms with van der Waals surface area (Å²) in [6.07, 6.45) is 2.36. The summed E-state index contributed by atoms with van der Waals surface area (Å²) in [6, 6.07) is 9.18. The van der Waals surface area contributed by atoms with Crippen LogP contribution in [-0.4, -0.2) is 37.0 Å². The largest absolute Gasteiger partial charge is 0.469 e. The minimum absolute atomic E-state index is 0.000709. The van der Waals surface area contributed by atoms with E-state index in [0.717, 1.165) is 0 Å². The summed E-state index contributed by atoms with van der Waals surface area (Å²) in [5.41, 5.74) is 0.673. The molecule has 1 saturated heterocycles. The zero-order valence-corrected chi connectivity index (χ0v) is 11.6. The molecule has 1 aromatic rings. The maximum atomic E-state index is 12.4. The van der Waals surface area contributed by atoms with Crippen molar-refractivity contribution in [2.75, 3.05) is 20.2 Å². The van der Waals surface area contributed by atoms with Crippen LogP contribution in [0.15, 0.2) is 43.0 Å². The van der Waals surface area contributed by atoms with E-state index in [-0.39, 0.29) is 23.7 Å². The number of benzene rings is 1. The van der Waals surface area contributed by atoms with Gasteiger partial charge in [0.1, 0.15) is 0 Å². The summed E-state index contributed by atoms with van der Waals surface area (Å²) in [5, 5.41) is 0. The van der Waals surface area contributed by atoms with E-state index >= 15 is 0 Å². The fourth-order valence-electron chi connectivity index (χ4n) is 2.61. The van der Waals surface area contributed by atoms with Crippen molar-refractivity contribution in [3.8, 4) is 0 Å². The third kappa shape index (κ3) is 2.90. The van der Waals surface area contributed by atoms with Gasteiger partial charge in [-0.25, -0.2) is 0 Å². The Morgan fingerprint density at radius 3 is 2.65 bits per heavy atom. The van der Waals surface area contributed by atoms with E-state index in [1.807, 2.05) is 18.2 Å². The molecule has 0 radical (unpaired) electrons. The number of methoxy groups -OCH3 is 1. The molecule has 2 rings (SSSR count). The van der Waals surface area contributed by atoms with E-state index in [4.69, 9.17) is 4.74 Å². The summed E-state index contributed by atoms with van der Waals surface area (Å²) >= 11 is 0. The van der Waals surface area contributed by atoms with Crippen LogP contribution in [0.2, 0.25) is 0 Å². The van der Waals surface area contributed by atoms with Gasteiger partial charge in [-0.15, -0.1) is 6.58 Å². The minimum atomic E-state index is -0.221. The molecule has 4 nitrogen and oxygen atoms in total. The van der Waals surface area contributed by atoms with Gasteiger partial charge in [-0.3, -0.25) is 9.59 Å². The van der Waals surface area contributed by atoms with Crippen molar-refractivity contribution < 1.29 is 14.3 Å². The number of piperidine rings is 1. The molecule has 1 amide bonds. The lowest BCUT2D eigenvalue weighted by atomic mass is 9.85. The maximum absolute atomic E-state index is 12.4. The standard InChI is InChI=1S/C16H19NO3/c1-3-12-11-17(10-9-14(12)16(19)20-2)15(18)13-7-5-4-6-8-13/h3-8,12,14H,1,9-11H2,2H3/t12-,14+/m0/s1. The van der Waals surface area contributed by atoms with Gasteiger partial charge >= 0.3 is 5.97 Å². The van der Waals surface area contributed by atoms with Gasteiger partial charge in [-0.05, 0) is 18.6 Å². The molecule has 0 aliphatic carbocycles. The van der Waals surface area contributed by atoms with Gasteiger partial charge in [0.2, 0.25) is 0 Å². The zero-order chi connectivity index (χ0) is 14.5. The monoisotopic (exact) mass is 273 g/mol. The Kier molecular flexibility index (Phi) is 4.56. The number of likely N-dealkylation sites (tertiary alicyclic amines) is 1. The summed E-state index contributed by atoms with van der Waals surface area (Å²) in [4.78, 5) is 25.9. The van der Waals surface area contributed by atoms with Gasteiger partial charge in [0, 0.05) is 24.6 Å². The van der Waals surface area contributed by atoms with Crippen molar-refractivity contribution in [1.82, 2.24) is 4.90 Å². The molecular weight excluding hydrogens is 254 g/mol. The second-order valence-electron chi connectivity index (χ2n) is 4.94. The van der Waals surface area contributed by atoms with Crippen molar-refractivity contribution in [3.63, 3.8) is 0 Å². The van der Waals surface area contributed by atoms with E-state index in [1.54, 1.807) is 23.1 Å². The van der Waals surface area contributed by atoms with Gasteiger partial charge < -0.3 is 9.64 Å². The highest BCUT2D eigenvalue weighted by atomic mass is 16.5. The molecule has 0 saturated carbocycles. The Labute approximate surface area is 119 Å². The molecule has 1 aliphatic rings. The lowest BCUT2D eigenvalue weighted by Gasteiger charge is -2.35. The number of esters is 1. The highest BCUT2D eigenvalue weighted by Crippen LogP contribution is 2.26. The average Bonchev–Trinajstić information content (AvgIpc) is 2.53. The number of nitrogens with zero attached hydrogens (tertiary/aromatic N) is 1. The number of hydrogen-bond acceptors (Lipinski definition) is 3. The van der Waals surface area contributed by atoms with E-state index in [9.17, 15) is 9.59 Å². The topological polar surface area (TPSA) is 46.6 Å². The minimum Gasteiger partial charge on any atom is -0.469 e. The van der Waals surface area contributed by atoms with Crippen LogP contribution in [-0.2, 0) is 9.53 Å². The molecule has 0 aromatic heterocycles. The van der Waals surface area contributed by atoms with Crippen molar-refractivity contribution in [1.29, 1.82) is 0 Å². The Hall–Kier alpha value is -2.10. The van der Waals surface area contributed by atoms with E-state index in [0.29, 0.717) is 25.1 Å². The van der Waals surface area contributed by atoms with E-state index < -0.39 is 0 Å². The third-order valence-corrected chi connectivity index (χ3v) is 3.77. The Bertz CT molecular complexity index is 498. The quantitative estimate of drug-likeness (QED) is 0.626. The molecule has 2 atom stereocenters. The number of amides is 1. The van der Waals surface area contributed by atoms with Crippen molar-refractivity contribution >= 4 is 11.9 Å². The van der Waals surface area contributed by atoms with Crippen molar-refractivity contribution in [3.05, 3.63) is 48.6 Å². The van der Waals surface area contributed by atoms with Crippen molar-refractivity contribution in [2.24, 2.45) is 11.8 Å². The molecule has 0 N–H and O–H groups in total. The molecule has 1 aromatic carbocycles. The van der Waals surface area contributed by atoms with E-state index in [2.05, 4.69) is 6.58 Å². The normalized spacial score (nSPS) is 22.1. The first-order valence-corrected chi connectivity index (χ1v) is 6.72. The lowest BCUT2D eigenvalue weighted by molar-refractivity contribution is -0.148. The van der Waals surface area contributed by atoms with E-state index in [1.165, 1.54) is 7.11 Å².